The van der Waals surface area contributed by atoms with Crippen molar-refractivity contribution in [1.82, 2.24) is 10.3 Å². The molecule has 0 saturated carbocycles. The Hall–Kier alpha value is -1.00. The van der Waals surface area contributed by atoms with Crippen LogP contribution in [-0.4, -0.2) is 36.5 Å². The molecule has 3 nitrogen and oxygen atoms in total. The predicted octanol–water partition coefficient (Wildman–Crippen LogP) is 1.73. The van der Waals surface area contributed by atoms with E-state index >= 15 is 0 Å². The highest BCUT2D eigenvalue weighted by atomic mass is 19.1. The molecule has 1 aromatic rings. The van der Waals surface area contributed by atoms with Crippen molar-refractivity contribution in [1.29, 1.82) is 0 Å². The molecule has 1 saturated heterocycles. The van der Waals surface area contributed by atoms with Crippen LogP contribution in [0, 0.1) is 0 Å². The van der Waals surface area contributed by atoms with Crippen molar-refractivity contribution in [2.24, 2.45) is 0 Å². The second-order valence-electron chi connectivity index (χ2n) is 4.88. The number of alkyl halides is 1. The highest BCUT2D eigenvalue weighted by Gasteiger charge is 2.29. The maximum atomic E-state index is 14.4. The van der Waals surface area contributed by atoms with E-state index in [4.69, 9.17) is 4.74 Å². The van der Waals surface area contributed by atoms with Crippen molar-refractivity contribution in [2.75, 3.05) is 19.8 Å². The lowest BCUT2D eigenvalue weighted by Gasteiger charge is -2.30. The molecule has 0 aliphatic carbocycles. The molecule has 2 unspecified atom stereocenters. The second kappa shape index (κ2) is 5.56. The quantitative estimate of drug-likeness (QED) is 0.867. The molecule has 1 aliphatic heterocycles. The van der Waals surface area contributed by atoms with Crippen LogP contribution in [0.1, 0.15) is 18.9 Å². The predicted molar refractivity (Wildman–Crippen MR) is 64.7 cm³/mol. The van der Waals surface area contributed by atoms with E-state index in [2.05, 4.69) is 10.3 Å². The number of hydrogen-bond acceptors (Lipinski definition) is 3. The molecule has 94 valence electrons. The van der Waals surface area contributed by atoms with Crippen LogP contribution in [0.3, 0.4) is 0 Å². The summed E-state index contributed by atoms with van der Waals surface area (Å²) in [6.45, 7) is 3.80. The molecule has 0 spiro atoms. The minimum atomic E-state index is -1.21. The monoisotopic (exact) mass is 238 g/mol. The van der Waals surface area contributed by atoms with Crippen LogP contribution in [-0.2, 0) is 11.2 Å². The molecule has 0 aromatic carbocycles. The lowest BCUT2D eigenvalue weighted by atomic mass is 9.92. The SMILES string of the molecule is CC(F)(Cc1ccncc1)CC1COCCN1. The van der Waals surface area contributed by atoms with E-state index < -0.39 is 5.67 Å². The Kier molecular flexibility index (Phi) is 4.07. The molecule has 0 bridgehead atoms. The molecule has 1 N–H and O–H groups in total. The van der Waals surface area contributed by atoms with Crippen molar-refractivity contribution < 1.29 is 9.13 Å². The van der Waals surface area contributed by atoms with Crippen LogP contribution in [0.2, 0.25) is 0 Å². The summed E-state index contributed by atoms with van der Waals surface area (Å²) in [5, 5.41) is 3.28. The van der Waals surface area contributed by atoms with Gasteiger partial charge in [-0.3, -0.25) is 4.98 Å². The largest absolute Gasteiger partial charge is 0.379 e. The lowest BCUT2D eigenvalue weighted by molar-refractivity contribution is 0.0483. The Morgan fingerprint density at radius 3 is 2.94 bits per heavy atom. The van der Waals surface area contributed by atoms with Gasteiger partial charge in [-0.25, -0.2) is 4.39 Å². The minimum Gasteiger partial charge on any atom is -0.379 e. The third kappa shape index (κ3) is 4.06. The van der Waals surface area contributed by atoms with Crippen molar-refractivity contribution in [2.45, 2.75) is 31.5 Å². The van der Waals surface area contributed by atoms with Gasteiger partial charge in [0.05, 0.1) is 13.2 Å². The van der Waals surface area contributed by atoms with E-state index in [-0.39, 0.29) is 6.04 Å². The highest BCUT2D eigenvalue weighted by molar-refractivity contribution is 5.12. The number of ether oxygens (including phenoxy) is 1. The molecule has 2 atom stereocenters. The van der Waals surface area contributed by atoms with E-state index in [9.17, 15) is 4.39 Å². The molecule has 2 rings (SSSR count). The number of hydrogen-bond donors (Lipinski definition) is 1. The van der Waals surface area contributed by atoms with Gasteiger partial charge >= 0.3 is 0 Å². The third-order valence-electron chi connectivity index (χ3n) is 2.99. The van der Waals surface area contributed by atoms with Crippen LogP contribution in [0.25, 0.3) is 0 Å². The number of halogens is 1. The van der Waals surface area contributed by atoms with Crippen LogP contribution in [0.15, 0.2) is 24.5 Å². The van der Waals surface area contributed by atoms with Gasteiger partial charge in [0.25, 0.3) is 0 Å². The summed E-state index contributed by atoms with van der Waals surface area (Å²) >= 11 is 0. The van der Waals surface area contributed by atoms with E-state index in [0.29, 0.717) is 19.4 Å². The Morgan fingerprint density at radius 2 is 2.29 bits per heavy atom. The Bertz CT molecular complexity index is 337. The Morgan fingerprint density at radius 1 is 1.53 bits per heavy atom. The molecular formula is C13H19FN2O. The molecule has 17 heavy (non-hydrogen) atoms. The molecule has 4 heteroatoms. The second-order valence-corrected chi connectivity index (χ2v) is 4.88. The van der Waals surface area contributed by atoms with Crippen LogP contribution in [0.5, 0.6) is 0 Å². The number of rotatable bonds is 4. The smallest absolute Gasteiger partial charge is 0.113 e. The van der Waals surface area contributed by atoms with E-state index in [1.165, 1.54) is 0 Å². The van der Waals surface area contributed by atoms with Gasteiger partial charge in [-0.1, -0.05) is 0 Å². The normalized spacial score (nSPS) is 24.2. The van der Waals surface area contributed by atoms with Crippen molar-refractivity contribution in [3.8, 4) is 0 Å². The Balaban J connectivity index is 1.89. The van der Waals surface area contributed by atoms with Gasteiger partial charge in [-0.05, 0) is 31.0 Å². The number of pyridine rings is 1. The van der Waals surface area contributed by atoms with Crippen LogP contribution >= 0.6 is 0 Å². The molecule has 0 amide bonds. The fourth-order valence-electron chi connectivity index (χ4n) is 2.26. The van der Waals surface area contributed by atoms with Gasteiger partial charge in [0.1, 0.15) is 5.67 Å². The Labute approximate surface area is 101 Å². The fourth-order valence-corrected chi connectivity index (χ4v) is 2.26. The summed E-state index contributed by atoms with van der Waals surface area (Å²) in [6.07, 6.45) is 4.31. The summed E-state index contributed by atoms with van der Waals surface area (Å²) in [7, 11) is 0. The summed E-state index contributed by atoms with van der Waals surface area (Å²) in [5.74, 6) is 0. The van der Waals surface area contributed by atoms with Gasteiger partial charge < -0.3 is 10.1 Å². The number of morpholine rings is 1. The third-order valence-corrected chi connectivity index (χ3v) is 2.99. The zero-order valence-electron chi connectivity index (χ0n) is 10.2. The average molecular weight is 238 g/mol. The van der Waals surface area contributed by atoms with Gasteiger partial charge in [0.2, 0.25) is 0 Å². The van der Waals surface area contributed by atoms with Crippen LogP contribution < -0.4 is 5.32 Å². The maximum absolute atomic E-state index is 14.4. The molecule has 1 aliphatic rings. The first-order valence-corrected chi connectivity index (χ1v) is 6.05. The minimum absolute atomic E-state index is 0.126. The summed E-state index contributed by atoms with van der Waals surface area (Å²) < 4.78 is 19.8. The zero-order valence-corrected chi connectivity index (χ0v) is 10.2. The summed E-state index contributed by atoms with van der Waals surface area (Å²) in [4.78, 5) is 3.94. The first kappa shape index (κ1) is 12.5. The van der Waals surface area contributed by atoms with Gasteiger partial charge in [-0.2, -0.15) is 0 Å². The fraction of sp³-hybridized carbons (Fsp3) is 0.615. The zero-order chi connectivity index (χ0) is 12.1. The first-order chi connectivity index (χ1) is 8.16. The van der Waals surface area contributed by atoms with Gasteiger partial charge in [-0.15, -0.1) is 0 Å². The number of nitrogens with one attached hydrogen (secondary N) is 1. The molecule has 0 radical (unpaired) electrons. The maximum Gasteiger partial charge on any atom is 0.113 e. The van der Waals surface area contributed by atoms with Crippen molar-refractivity contribution in [3.05, 3.63) is 30.1 Å². The van der Waals surface area contributed by atoms with Gasteiger partial charge in [0.15, 0.2) is 0 Å². The van der Waals surface area contributed by atoms with Crippen molar-refractivity contribution >= 4 is 0 Å². The first-order valence-electron chi connectivity index (χ1n) is 6.05. The topological polar surface area (TPSA) is 34.1 Å². The van der Waals surface area contributed by atoms with Crippen LogP contribution in [0.4, 0.5) is 4.39 Å². The lowest BCUT2D eigenvalue weighted by Crippen LogP contribution is -2.45. The molecule has 1 fully saturated rings. The average Bonchev–Trinajstić information content (AvgIpc) is 2.30. The summed E-state index contributed by atoms with van der Waals surface area (Å²) in [5.41, 5.74) is -0.221. The molecule has 1 aromatic heterocycles. The highest BCUT2D eigenvalue weighted by Crippen LogP contribution is 2.23. The molecule has 2 heterocycles. The number of nitrogens with zero attached hydrogens (tertiary/aromatic N) is 1. The van der Waals surface area contributed by atoms with Crippen molar-refractivity contribution in [3.63, 3.8) is 0 Å². The summed E-state index contributed by atoms with van der Waals surface area (Å²) in [6, 6.07) is 3.85. The van der Waals surface area contributed by atoms with E-state index in [1.807, 2.05) is 12.1 Å². The number of aromatic nitrogens is 1. The van der Waals surface area contributed by atoms with Gasteiger partial charge in [0, 0.05) is 31.4 Å². The van der Waals surface area contributed by atoms with E-state index in [0.717, 1.165) is 18.7 Å². The molecular weight excluding hydrogens is 219 g/mol. The van der Waals surface area contributed by atoms with E-state index in [1.54, 1.807) is 19.3 Å². The standard InChI is InChI=1S/C13H19FN2O/c1-13(14,8-11-2-4-15-5-3-11)9-12-10-17-7-6-16-12/h2-5,12,16H,6-10H2,1H3.